The Balaban J connectivity index is 0.000000384. The van der Waals surface area contributed by atoms with Gasteiger partial charge in [0, 0.05) is 13.1 Å². The van der Waals surface area contributed by atoms with Crippen molar-refractivity contribution in [1.82, 2.24) is 30.0 Å². The quantitative estimate of drug-likeness (QED) is 0.136. The number of anilines is 1. The first-order chi connectivity index (χ1) is 24.9. The second-order valence-electron chi connectivity index (χ2n) is 12.1. The summed E-state index contributed by atoms with van der Waals surface area (Å²) in [5.74, 6) is 0.547. The van der Waals surface area contributed by atoms with Gasteiger partial charge in [-0.2, -0.15) is 26.3 Å². The Kier molecular flexibility index (Phi) is 12.0. The van der Waals surface area contributed by atoms with E-state index in [2.05, 4.69) is 61.6 Å². The lowest BCUT2D eigenvalue weighted by Crippen LogP contribution is -2.35. The van der Waals surface area contributed by atoms with E-state index < -0.39 is 53.3 Å². The fourth-order valence-corrected chi connectivity index (χ4v) is 6.54. The van der Waals surface area contributed by atoms with Crippen molar-refractivity contribution in [3.05, 3.63) is 79.3 Å². The molecule has 5 heterocycles. The zero-order valence-electron chi connectivity index (χ0n) is 28.5. The van der Waals surface area contributed by atoms with Crippen molar-refractivity contribution < 1.29 is 49.9 Å². The van der Waals surface area contributed by atoms with E-state index in [-0.39, 0.29) is 18.3 Å². The third-order valence-corrected chi connectivity index (χ3v) is 9.46. The maximum Gasteiger partial charge on any atom is 0.416 e. The summed E-state index contributed by atoms with van der Waals surface area (Å²) in [4.78, 5) is 44.5. The minimum atomic E-state index is -5.03. The molecule has 1 aromatic carbocycles. The summed E-state index contributed by atoms with van der Waals surface area (Å²) in [5.41, 5.74) is -1.09. The van der Waals surface area contributed by atoms with Gasteiger partial charge in [0.15, 0.2) is 11.5 Å². The molecule has 0 aliphatic carbocycles. The molecular formula is C33H31Br2F6N7O5. The Bertz CT molecular complexity index is 1940. The zero-order chi connectivity index (χ0) is 38.8. The van der Waals surface area contributed by atoms with Crippen LogP contribution < -0.4 is 4.90 Å². The van der Waals surface area contributed by atoms with Gasteiger partial charge < -0.3 is 18.9 Å². The predicted octanol–water partition coefficient (Wildman–Crippen LogP) is 8.65. The van der Waals surface area contributed by atoms with Crippen molar-refractivity contribution in [2.24, 2.45) is 0 Å². The lowest BCUT2D eigenvalue weighted by molar-refractivity contribution is -0.143. The highest BCUT2D eigenvalue weighted by molar-refractivity contribution is 9.10. The van der Waals surface area contributed by atoms with Crippen LogP contribution in [0.5, 0.6) is 0 Å². The van der Waals surface area contributed by atoms with Crippen LogP contribution in [0.25, 0.3) is 11.3 Å². The molecule has 2 aliphatic heterocycles. The van der Waals surface area contributed by atoms with Crippen molar-refractivity contribution in [2.45, 2.75) is 71.1 Å². The number of carbonyl (C=O) groups excluding carboxylic acids is 2. The Morgan fingerprint density at radius 2 is 1.60 bits per heavy atom. The molecule has 2 fully saturated rings. The van der Waals surface area contributed by atoms with Crippen LogP contribution in [-0.2, 0) is 28.4 Å². The summed E-state index contributed by atoms with van der Waals surface area (Å²) in [7, 11) is 1.29. The largest absolute Gasteiger partial charge is 0.464 e. The number of halogens is 8. The number of hydrogen-bond donors (Lipinski definition) is 0. The lowest BCUT2D eigenvalue weighted by Gasteiger charge is -2.30. The van der Waals surface area contributed by atoms with E-state index in [0.717, 1.165) is 32.4 Å². The normalized spacial score (nSPS) is 17.7. The van der Waals surface area contributed by atoms with Crippen LogP contribution in [0.15, 0.2) is 44.3 Å². The number of methoxy groups -OCH3 is 1. The molecular weight excluding hydrogens is 848 g/mol. The smallest absolute Gasteiger partial charge is 0.416 e. The number of piperidine rings is 1. The average molecular weight is 879 g/mol. The molecule has 20 heteroatoms. The number of benzene rings is 1. The highest BCUT2D eigenvalue weighted by atomic mass is 79.9. The number of esters is 1. The fourth-order valence-electron chi connectivity index (χ4n) is 5.91. The van der Waals surface area contributed by atoms with Crippen LogP contribution in [-0.4, -0.2) is 68.3 Å². The van der Waals surface area contributed by atoms with Gasteiger partial charge in [0.1, 0.15) is 26.8 Å². The topological polar surface area (TPSA) is 137 Å². The Morgan fingerprint density at radius 3 is 2.17 bits per heavy atom. The number of hydrogen-bond acceptors (Lipinski definition) is 11. The molecule has 284 valence electrons. The van der Waals surface area contributed by atoms with Crippen LogP contribution >= 0.6 is 31.9 Å². The summed E-state index contributed by atoms with van der Waals surface area (Å²) < 4.78 is 96.8. The average Bonchev–Trinajstić information content (AvgIpc) is 3.60. The summed E-state index contributed by atoms with van der Waals surface area (Å²) in [6.45, 7) is 6.30. The molecule has 2 aliphatic rings. The molecule has 0 saturated carbocycles. The number of aryl methyl sites for hydroxylation is 2. The number of carbonyl (C=O) groups is 2. The molecule has 0 N–H and O–H groups in total. The number of amides is 1. The van der Waals surface area contributed by atoms with E-state index in [1.165, 1.54) is 25.1 Å². The van der Waals surface area contributed by atoms with E-state index in [0.29, 0.717) is 55.6 Å². The van der Waals surface area contributed by atoms with Gasteiger partial charge >= 0.3 is 24.4 Å². The molecule has 0 spiro atoms. The van der Waals surface area contributed by atoms with Crippen LogP contribution in [0.1, 0.15) is 76.6 Å². The number of rotatable bonds is 6. The molecule has 53 heavy (non-hydrogen) atoms. The minimum absolute atomic E-state index is 0.0450. The van der Waals surface area contributed by atoms with Crippen molar-refractivity contribution >= 4 is 49.7 Å². The van der Waals surface area contributed by atoms with Crippen LogP contribution in [0.4, 0.5) is 37.0 Å². The van der Waals surface area contributed by atoms with Crippen molar-refractivity contribution in [1.29, 1.82) is 0 Å². The highest BCUT2D eigenvalue weighted by Crippen LogP contribution is 2.41. The molecule has 2 saturated heterocycles. The molecule has 6 rings (SSSR count). The second-order valence-corrected chi connectivity index (χ2v) is 13.7. The number of cyclic esters (lactones) is 1. The monoisotopic (exact) mass is 877 g/mol. The van der Waals surface area contributed by atoms with Crippen molar-refractivity contribution in [3.8, 4) is 11.3 Å². The highest BCUT2D eigenvalue weighted by Gasteiger charge is 2.44. The number of ether oxygens (including phenoxy) is 2. The van der Waals surface area contributed by atoms with Gasteiger partial charge in [0.25, 0.3) is 0 Å². The fraction of sp³-hybridized carbons (Fsp3) is 0.424. The van der Waals surface area contributed by atoms with Crippen LogP contribution in [0, 0.1) is 13.8 Å². The Hall–Kier alpha value is -4.33. The van der Waals surface area contributed by atoms with Crippen molar-refractivity contribution in [2.75, 3.05) is 25.1 Å². The van der Waals surface area contributed by atoms with E-state index in [9.17, 15) is 35.9 Å². The first-order valence-corrected chi connectivity index (χ1v) is 17.5. The van der Waals surface area contributed by atoms with E-state index in [4.69, 9.17) is 14.2 Å². The Labute approximate surface area is 315 Å². The van der Waals surface area contributed by atoms with Gasteiger partial charge in [-0.05, 0) is 95.7 Å². The summed E-state index contributed by atoms with van der Waals surface area (Å²) in [6.07, 6.45) is -6.30. The van der Waals surface area contributed by atoms with E-state index in [1.807, 2.05) is 0 Å². The Morgan fingerprint density at radius 1 is 0.962 bits per heavy atom. The predicted molar refractivity (Wildman–Crippen MR) is 183 cm³/mol. The van der Waals surface area contributed by atoms with E-state index in [1.54, 1.807) is 20.0 Å². The molecule has 1 unspecified atom stereocenters. The second kappa shape index (κ2) is 16.0. The molecule has 2 atom stereocenters. The SMILES string of the molecule is COC(=O)c1nc(Br)cnc1Br.Cc1noc(C)c1-c1cnc(N2CCCCC2)c(CN2C(=O)OC(c3cc(C(F)(F)F)cc(C(F)(F)F)c3)[C@@H]2C)n1. The number of nitrogens with zero attached hydrogens (tertiary/aromatic N) is 7. The molecule has 12 nitrogen and oxygen atoms in total. The van der Waals surface area contributed by atoms with Gasteiger partial charge in [-0.25, -0.2) is 29.5 Å². The van der Waals surface area contributed by atoms with Crippen LogP contribution in [0.3, 0.4) is 0 Å². The third-order valence-electron chi connectivity index (χ3n) is 8.50. The first-order valence-electron chi connectivity index (χ1n) is 16.0. The van der Waals surface area contributed by atoms with Gasteiger partial charge in [0.2, 0.25) is 0 Å². The number of aromatic nitrogens is 5. The lowest BCUT2D eigenvalue weighted by atomic mass is 9.97. The van der Waals surface area contributed by atoms with Gasteiger partial charge in [-0.1, -0.05) is 5.16 Å². The molecule has 0 radical (unpaired) electrons. The van der Waals surface area contributed by atoms with Gasteiger partial charge in [0.05, 0.1) is 60.2 Å². The maximum atomic E-state index is 13.5. The molecule has 0 bridgehead atoms. The van der Waals surface area contributed by atoms with E-state index >= 15 is 0 Å². The molecule has 3 aromatic heterocycles. The maximum absolute atomic E-state index is 13.5. The summed E-state index contributed by atoms with van der Waals surface area (Å²) in [6, 6.07) is 0.309. The van der Waals surface area contributed by atoms with Gasteiger partial charge in [-0.15, -0.1) is 0 Å². The molecule has 4 aromatic rings. The molecule has 1 amide bonds. The zero-order valence-corrected chi connectivity index (χ0v) is 31.7. The minimum Gasteiger partial charge on any atom is -0.464 e. The number of alkyl halides is 6. The van der Waals surface area contributed by atoms with Crippen molar-refractivity contribution in [3.63, 3.8) is 0 Å². The van der Waals surface area contributed by atoms with Crippen LogP contribution in [0.2, 0.25) is 0 Å². The van der Waals surface area contributed by atoms with Gasteiger partial charge in [-0.3, -0.25) is 4.90 Å². The third kappa shape index (κ3) is 9.08. The summed E-state index contributed by atoms with van der Waals surface area (Å²) >= 11 is 6.17. The standard InChI is InChI=1S/C27H27F6N5O3.C6H4Br2N2O2/c1-14-22(16(3)41-36-14)20-12-34-24(37-7-5-4-6-8-37)21(35-20)13-38-15(2)23(40-25(38)39)17-9-18(26(28,29)30)11-19(10-17)27(31,32)33;1-12-6(11)4-5(8)9-2-3(7)10-4/h9-12,15,23H,4-8,13H2,1-3H3;2H,1H3/t15-,23?;/m0./s1. The first kappa shape index (κ1) is 39.9. The summed E-state index contributed by atoms with van der Waals surface area (Å²) in [5, 5.41) is 3.96.